The molecule has 2 nitrogen and oxygen atoms in total. The molecule has 1 N–H and O–H groups in total. The summed E-state index contributed by atoms with van der Waals surface area (Å²) in [6, 6.07) is 4.06. The second kappa shape index (κ2) is 3.86. The van der Waals surface area contributed by atoms with E-state index in [0.717, 1.165) is 24.2 Å². The molecule has 1 aliphatic carbocycles. The largest absolute Gasteiger partial charge is 0.496 e. The molecule has 1 unspecified atom stereocenters. The molecule has 0 aliphatic heterocycles. The molecule has 0 radical (unpaired) electrons. The van der Waals surface area contributed by atoms with E-state index in [9.17, 15) is 5.11 Å². The summed E-state index contributed by atoms with van der Waals surface area (Å²) >= 11 is 0. The molecular formula is C13H18O2. The van der Waals surface area contributed by atoms with E-state index in [1.54, 1.807) is 7.11 Å². The molecule has 2 rings (SSSR count). The lowest BCUT2D eigenvalue weighted by atomic mass is 9.99. The molecule has 1 atom stereocenters. The minimum absolute atomic E-state index is 0.348. The minimum Gasteiger partial charge on any atom is -0.496 e. The topological polar surface area (TPSA) is 29.5 Å². The van der Waals surface area contributed by atoms with E-state index in [2.05, 4.69) is 19.9 Å². The zero-order valence-electron chi connectivity index (χ0n) is 9.58. The lowest BCUT2D eigenvalue weighted by Gasteiger charge is -2.16. The average molecular weight is 206 g/mol. The van der Waals surface area contributed by atoms with Gasteiger partial charge in [-0.05, 0) is 55.9 Å². The van der Waals surface area contributed by atoms with Gasteiger partial charge >= 0.3 is 0 Å². The van der Waals surface area contributed by atoms with Gasteiger partial charge in [-0.3, -0.25) is 0 Å². The van der Waals surface area contributed by atoms with Crippen molar-refractivity contribution in [2.75, 3.05) is 7.11 Å². The van der Waals surface area contributed by atoms with E-state index in [-0.39, 0.29) is 6.10 Å². The van der Waals surface area contributed by atoms with E-state index >= 15 is 0 Å². The number of aliphatic hydroxyl groups is 1. The highest BCUT2D eigenvalue weighted by atomic mass is 16.5. The van der Waals surface area contributed by atoms with Gasteiger partial charge in [-0.2, -0.15) is 0 Å². The number of hydrogen-bond donors (Lipinski definition) is 1. The predicted molar refractivity (Wildman–Crippen MR) is 60.2 cm³/mol. The van der Waals surface area contributed by atoms with Crippen molar-refractivity contribution in [1.82, 2.24) is 0 Å². The summed E-state index contributed by atoms with van der Waals surface area (Å²) in [6.45, 7) is 4.13. The summed E-state index contributed by atoms with van der Waals surface area (Å²) in [6.07, 6.45) is 1.92. The molecule has 82 valence electrons. The summed E-state index contributed by atoms with van der Waals surface area (Å²) in [4.78, 5) is 0. The summed E-state index contributed by atoms with van der Waals surface area (Å²) in [5.74, 6) is 1.26. The second-order valence-corrected chi connectivity index (χ2v) is 4.46. The molecule has 2 heteroatoms. The minimum atomic E-state index is -0.348. The lowest BCUT2D eigenvalue weighted by molar-refractivity contribution is 0.150. The van der Waals surface area contributed by atoms with Crippen LogP contribution < -0.4 is 4.74 Å². The van der Waals surface area contributed by atoms with Gasteiger partial charge in [0.1, 0.15) is 5.75 Å². The fourth-order valence-corrected chi connectivity index (χ4v) is 1.89. The van der Waals surface area contributed by atoms with Gasteiger partial charge in [0.25, 0.3) is 0 Å². The maximum absolute atomic E-state index is 10.1. The highest BCUT2D eigenvalue weighted by Crippen LogP contribution is 2.43. The Morgan fingerprint density at radius 2 is 1.87 bits per heavy atom. The van der Waals surface area contributed by atoms with Gasteiger partial charge in [0.2, 0.25) is 0 Å². The molecule has 15 heavy (non-hydrogen) atoms. The molecule has 0 spiro atoms. The number of benzene rings is 1. The first-order valence-corrected chi connectivity index (χ1v) is 5.46. The van der Waals surface area contributed by atoms with Crippen LogP contribution in [0, 0.1) is 19.8 Å². The van der Waals surface area contributed by atoms with Crippen molar-refractivity contribution >= 4 is 0 Å². The first-order valence-electron chi connectivity index (χ1n) is 5.46. The van der Waals surface area contributed by atoms with Crippen molar-refractivity contribution in [3.63, 3.8) is 0 Å². The first-order chi connectivity index (χ1) is 7.13. The maximum atomic E-state index is 10.1. The molecule has 1 aromatic carbocycles. The SMILES string of the molecule is COc1cc(C)c(C)cc1C(O)C1CC1. The van der Waals surface area contributed by atoms with Gasteiger partial charge in [0.05, 0.1) is 13.2 Å². The fraction of sp³-hybridized carbons (Fsp3) is 0.538. The molecule has 1 saturated carbocycles. The van der Waals surface area contributed by atoms with Crippen LogP contribution in [-0.4, -0.2) is 12.2 Å². The standard InChI is InChI=1S/C13H18O2/c1-8-6-11(13(14)10-4-5-10)12(15-3)7-9(8)2/h6-7,10,13-14H,4-5H2,1-3H3. The monoisotopic (exact) mass is 206 g/mol. The predicted octanol–water partition coefficient (Wildman–Crippen LogP) is 2.76. The summed E-state index contributed by atoms with van der Waals surface area (Å²) < 4.78 is 5.32. The Labute approximate surface area is 90.9 Å². The van der Waals surface area contributed by atoms with E-state index in [1.807, 2.05) is 6.07 Å². The Bertz CT molecular complexity index is 367. The van der Waals surface area contributed by atoms with Crippen molar-refractivity contribution in [3.8, 4) is 5.75 Å². The summed E-state index contributed by atoms with van der Waals surface area (Å²) in [7, 11) is 1.66. The van der Waals surface area contributed by atoms with Crippen LogP contribution in [0.3, 0.4) is 0 Å². The Balaban J connectivity index is 2.39. The third-order valence-corrected chi connectivity index (χ3v) is 3.23. The Morgan fingerprint density at radius 1 is 1.27 bits per heavy atom. The number of methoxy groups -OCH3 is 1. The van der Waals surface area contributed by atoms with Crippen molar-refractivity contribution in [2.24, 2.45) is 5.92 Å². The maximum Gasteiger partial charge on any atom is 0.124 e. The van der Waals surface area contributed by atoms with Gasteiger partial charge in [-0.25, -0.2) is 0 Å². The van der Waals surface area contributed by atoms with E-state index in [1.165, 1.54) is 11.1 Å². The number of ether oxygens (including phenoxy) is 1. The average Bonchev–Trinajstić information content (AvgIpc) is 3.04. The highest BCUT2D eigenvalue weighted by Gasteiger charge is 2.32. The first kappa shape index (κ1) is 10.5. The second-order valence-electron chi connectivity index (χ2n) is 4.46. The molecule has 0 amide bonds. The van der Waals surface area contributed by atoms with Crippen LogP contribution in [0.1, 0.15) is 35.6 Å². The van der Waals surface area contributed by atoms with E-state index in [4.69, 9.17) is 4.74 Å². The van der Waals surface area contributed by atoms with Gasteiger partial charge in [0.15, 0.2) is 0 Å². The zero-order chi connectivity index (χ0) is 11.0. The quantitative estimate of drug-likeness (QED) is 0.824. The van der Waals surface area contributed by atoms with E-state index in [0.29, 0.717) is 5.92 Å². The highest BCUT2D eigenvalue weighted by molar-refractivity contribution is 5.43. The molecule has 0 heterocycles. The fourth-order valence-electron chi connectivity index (χ4n) is 1.89. The van der Waals surface area contributed by atoms with Gasteiger partial charge in [-0.1, -0.05) is 0 Å². The smallest absolute Gasteiger partial charge is 0.124 e. The van der Waals surface area contributed by atoms with Crippen LogP contribution in [0.2, 0.25) is 0 Å². The van der Waals surface area contributed by atoms with Gasteiger partial charge in [0, 0.05) is 5.56 Å². The number of hydrogen-bond acceptors (Lipinski definition) is 2. The van der Waals surface area contributed by atoms with Crippen LogP contribution >= 0.6 is 0 Å². The number of aliphatic hydroxyl groups excluding tert-OH is 1. The molecule has 0 bridgehead atoms. The summed E-state index contributed by atoms with van der Waals surface area (Å²) in [5.41, 5.74) is 3.37. The number of rotatable bonds is 3. The van der Waals surface area contributed by atoms with E-state index < -0.39 is 0 Å². The van der Waals surface area contributed by atoms with Crippen LogP contribution in [0.25, 0.3) is 0 Å². The molecule has 1 aliphatic rings. The third-order valence-electron chi connectivity index (χ3n) is 3.23. The zero-order valence-corrected chi connectivity index (χ0v) is 9.58. The van der Waals surface area contributed by atoms with Crippen LogP contribution in [0.4, 0.5) is 0 Å². The molecule has 1 aromatic rings. The number of aryl methyl sites for hydroxylation is 2. The van der Waals surface area contributed by atoms with Gasteiger partial charge in [-0.15, -0.1) is 0 Å². The Morgan fingerprint density at radius 3 is 2.40 bits per heavy atom. The van der Waals surface area contributed by atoms with Crippen LogP contribution in [0.5, 0.6) is 5.75 Å². The molecular weight excluding hydrogens is 188 g/mol. The molecule has 0 saturated heterocycles. The van der Waals surface area contributed by atoms with Crippen LogP contribution in [-0.2, 0) is 0 Å². The van der Waals surface area contributed by atoms with Crippen LogP contribution in [0.15, 0.2) is 12.1 Å². The van der Waals surface area contributed by atoms with Crippen molar-refractivity contribution in [3.05, 3.63) is 28.8 Å². The Kier molecular flexibility index (Phi) is 2.70. The van der Waals surface area contributed by atoms with Crippen molar-refractivity contribution in [2.45, 2.75) is 32.8 Å². The lowest BCUT2D eigenvalue weighted by Crippen LogP contribution is -2.03. The molecule has 0 aromatic heterocycles. The van der Waals surface area contributed by atoms with Gasteiger partial charge < -0.3 is 9.84 Å². The molecule has 1 fully saturated rings. The van der Waals surface area contributed by atoms with Crippen molar-refractivity contribution in [1.29, 1.82) is 0 Å². The van der Waals surface area contributed by atoms with Crippen molar-refractivity contribution < 1.29 is 9.84 Å². The third kappa shape index (κ3) is 2.00. The summed E-state index contributed by atoms with van der Waals surface area (Å²) in [5, 5.41) is 10.1. The normalized spacial score (nSPS) is 17.6. The Hall–Kier alpha value is -1.02.